The van der Waals surface area contributed by atoms with Gasteiger partial charge in [-0.05, 0) is 42.7 Å². The molecule has 0 aromatic heterocycles. The Balaban J connectivity index is 1.56. The van der Waals surface area contributed by atoms with Crippen LogP contribution >= 0.6 is 0 Å². The van der Waals surface area contributed by atoms with Gasteiger partial charge >= 0.3 is 0 Å². The maximum Gasteiger partial charge on any atom is 0.119 e. The average Bonchev–Trinajstić information content (AvgIpc) is 3.21. The molecule has 0 spiro atoms. The van der Waals surface area contributed by atoms with Gasteiger partial charge in [0.15, 0.2) is 0 Å². The lowest BCUT2D eigenvalue weighted by Crippen LogP contribution is -2.39. The zero-order valence-electron chi connectivity index (χ0n) is 15.9. The molecule has 1 fully saturated rings. The van der Waals surface area contributed by atoms with Crippen LogP contribution in [-0.2, 0) is 11.3 Å². The molecule has 5 heteroatoms. The lowest BCUT2D eigenvalue weighted by atomic mass is 10.1. The summed E-state index contributed by atoms with van der Waals surface area (Å²) in [7, 11) is 1.67. The molecule has 2 aromatic carbocycles. The summed E-state index contributed by atoms with van der Waals surface area (Å²) in [6.07, 6.45) is 1.87. The Hall–Kier alpha value is -2.08. The molecule has 3 rings (SSSR count). The van der Waals surface area contributed by atoms with Crippen molar-refractivity contribution >= 4 is 0 Å². The minimum Gasteiger partial charge on any atom is -0.497 e. The van der Waals surface area contributed by atoms with Crippen molar-refractivity contribution in [2.24, 2.45) is 0 Å². The van der Waals surface area contributed by atoms with Crippen LogP contribution in [0.15, 0.2) is 54.6 Å². The van der Waals surface area contributed by atoms with Gasteiger partial charge in [-0.3, -0.25) is 4.90 Å². The van der Waals surface area contributed by atoms with Gasteiger partial charge in [-0.2, -0.15) is 0 Å². The van der Waals surface area contributed by atoms with E-state index in [9.17, 15) is 5.11 Å². The highest BCUT2D eigenvalue weighted by molar-refractivity contribution is 5.27. The van der Waals surface area contributed by atoms with E-state index < -0.39 is 6.10 Å². The predicted octanol–water partition coefficient (Wildman–Crippen LogP) is 3.12. The Morgan fingerprint density at radius 1 is 1.11 bits per heavy atom. The number of benzene rings is 2. The van der Waals surface area contributed by atoms with E-state index in [0.717, 1.165) is 44.0 Å². The lowest BCUT2D eigenvalue weighted by molar-refractivity contribution is 0.0313. The number of ether oxygens (including phenoxy) is 3. The molecule has 0 bridgehead atoms. The van der Waals surface area contributed by atoms with Crippen LogP contribution in [0.5, 0.6) is 11.5 Å². The number of rotatable bonds is 10. The first kappa shape index (κ1) is 19.7. The first-order valence-electron chi connectivity index (χ1n) is 9.56. The largest absolute Gasteiger partial charge is 0.497 e. The second-order valence-electron chi connectivity index (χ2n) is 6.96. The van der Waals surface area contributed by atoms with Gasteiger partial charge in [0.25, 0.3) is 0 Å². The molecule has 2 aromatic rings. The molecule has 146 valence electrons. The fraction of sp³-hybridized carbons (Fsp3) is 0.455. The average molecular weight is 371 g/mol. The Bertz CT molecular complexity index is 656. The molecule has 1 aliphatic heterocycles. The number of aliphatic hydroxyl groups excluding tert-OH is 1. The van der Waals surface area contributed by atoms with Crippen LogP contribution in [0.2, 0.25) is 0 Å². The Labute approximate surface area is 161 Å². The fourth-order valence-corrected chi connectivity index (χ4v) is 3.33. The quantitative estimate of drug-likeness (QED) is 0.695. The van der Waals surface area contributed by atoms with E-state index >= 15 is 0 Å². The van der Waals surface area contributed by atoms with Gasteiger partial charge in [0.2, 0.25) is 0 Å². The molecule has 0 saturated carbocycles. The summed E-state index contributed by atoms with van der Waals surface area (Å²) in [6, 6.07) is 17.7. The molecule has 0 unspecified atom stereocenters. The fourth-order valence-electron chi connectivity index (χ4n) is 3.33. The number of aliphatic hydroxyl groups is 1. The van der Waals surface area contributed by atoms with Gasteiger partial charge in [-0.25, -0.2) is 0 Å². The van der Waals surface area contributed by atoms with Crippen LogP contribution in [0.3, 0.4) is 0 Å². The van der Waals surface area contributed by atoms with Crippen molar-refractivity contribution in [3.05, 3.63) is 60.2 Å². The number of hydrogen-bond acceptors (Lipinski definition) is 5. The van der Waals surface area contributed by atoms with Gasteiger partial charge in [-0.15, -0.1) is 0 Å². The molecular weight excluding hydrogens is 342 g/mol. The second kappa shape index (κ2) is 10.3. The predicted molar refractivity (Wildman–Crippen MR) is 105 cm³/mol. The van der Waals surface area contributed by atoms with Crippen molar-refractivity contribution in [2.75, 3.05) is 33.4 Å². The van der Waals surface area contributed by atoms with E-state index in [1.165, 1.54) is 5.56 Å². The molecule has 1 aliphatic rings. The molecule has 0 radical (unpaired) electrons. The monoisotopic (exact) mass is 371 g/mol. The van der Waals surface area contributed by atoms with Crippen LogP contribution in [0, 0.1) is 0 Å². The van der Waals surface area contributed by atoms with Crippen molar-refractivity contribution in [2.45, 2.75) is 31.6 Å². The highest BCUT2D eigenvalue weighted by Crippen LogP contribution is 2.17. The van der Waals surface area contributed by atoms with E-state index in [0.29, 0.717) is 6.54 Å². The molecule has 2 atom stereocenters. The molecule has 1 saturated heterocycles. The zero-order chi connectivity index (χ0) is 18.9. The third-order valence-electron chi connectivity index (χ3n) is 4.71. The lowest BCUT2D eigenvalue weighted by Gasteiger charge is -2.27. The van der Waals surface area contributed by atoms with E-state index in [2.05, 4.69) is 17.0 Å². The van der Waals surface area contributed by atoms with Crippen molar-refractivity contribution in [1.29, 1.82) is 0 Å². The summed E-state index contributed by atoms with van der Waals surface area (Å²) in [5.74, 6) is 1.62. The molecule has 0 aliphatic carbocycles. The van der Waals surface area contributed by atoms with Gasteiger partial charge in [0.1, 0.15) is 24.2 Å². The molecule has 0 amide bonds. The second-order valence-corrected chi connectivity index (χ2v) is 6.96. The van der Waals surface area contributed by atoms with Crippen LogP contribution < -0.4 is 9.47 Å². The van der Waals surface area contributed by atoms with Crippen molar-refractivity contribution in [3.63, 3.8) is 0 Å². The van der Waals surface area contributed by atoms with Crippen LogP contribution in [0.1, 0.15) is 18.4 Å². The van der Waals surface area contributed by atoms with Crippen molar-refractivity contribution < 1.29 is 19.3 Å². The minimum absolute atomic E-state index is 0.241. The summed E-state index contributed by atoms with van der Waals surface area (Å²) in [5, 5.41) is 10.5. The van der Waals surface area contributed by atoms with Gasteiger partial charge in [-0.1, -0.05) is 30.3 Å². The maximum absolute atomic E-state index is 10.5. The van der Waals surface area contributed by atoms with Crippen LogP contribution in [0.25, 0.3) is 0 Å². The highest BCUT2D eigenvalue weighted by atomic mass is 16.5. The van der Waals surface area contributed by atoms with Gasteiger partial charge in [0.05, 0.1) is 13.2 Å². The number of hydrogen-bond donors (Lipinski definition) is 1. The number of nitrogens with zero attached hydrogens (tertiary/aromatic N) is 1. The summed E-state index contributed by atoms with van der Waals surface area (Å²) in [5.41, 5.74) is 1.19. The molecule has 5 nitrogen and oxygen atoms in total. The van der Waals surface area contributed by atoms with Crippen LogP contribution in [-0.4, -0.2) is 55.6 Å². The summed E-state index contributed by atoms with van der Waals surface area (Å²) >= 11 is 0. The zero-order valence-corrected chi connectivity index (χ0v) is 15.9. The molecular formula is C22H29NO4. The summed E-state index contributed by atoms with van der Waals surface area (Å²) in [4.78, 5) is 2.25. The molecule has 1 heterocycles. The van der Waals surface area contributed by atoms with Crippen LogP contribution in [0.4, 0.5) is 0 Å². The Kier molecular flexibility index (Phi) is 7.51. The SMILES string of the molecule is COc1ccc(CN(C[C@@H](O)COc2ccccc2)C[C@H]2CCCO2)cc1. The Morgan fingerprint density at radius 3 is 2.56 bits per heavy atom. The van der Waals surface area contributed by atoms with E-state index in [-0.39, 0.29) is 12.7 Å². The minimum atomic E-state index is -0.565. The first-order valence-corrected chi connectivity index (χ1v) is 9.56. The third-order valence-corrected chi connectivity index (χ3v) is 4.71. The van der Waals surface area contributed by atoms with E-state index in [1.54, 1.807) is 7.11 Å². The maximum atomic E-state index is 10.5. The van der Waals surface area contributed by atoms with Gasteiger partial charge in [0, 0.05) is 26.2 Å². The summed E-state index contributed by atoms with van der Waals surface area (Å²) < 4.78 is 16.7. The molecule has 1 N–H and O–H groups in total. The standard InChI is InChI=1S/C22H29NO4/c1-25-20-11-9-18(10-12-20)14-23(16-22-8-5-13-26-22)15-19(24)17-27-21-6-3-2-4-7-21/h2-4,6-7,9-12,19,22,24H,5,8,13-17H2,1H3/t19-,22-/m1/s1. The van der Waals surface area contributed by atoms with E-state index in [4.69, 9.17) is 14.2 Å². The summed E-state index contributed by atoms with van der Waals surface area (Å²) in [6.45, 7) is 3.22. The number of methoxy groups -OCH3 is 1. The number of para-hydroxylation sites is 1. The van der Waals surface area contributed by atoms with Crippen molar-refractivity contribution in [1.82, 2.24) is 4.90 Å². The first-order chi connectivity index (χ1) is 13.2. The van der Waals surface area contributed by atoms with Gasteiger partial charge < -0.3 is 19.3 Å². The van der Waals surface area contributed by atoms with E-state index in [1.807, 2.05) is 42.5 Å². The Morgan fingerprint density at radius 2 is 1.89 bits per heavy atom. The molecule has 27 heavy (non-hydrogen) atoms. The normalized spacial score (nSPS) is 17.8. The smallest absolute Gasteiger partial charge is 0.119 e. The highest BCUT2D eigenvalue weighted by Gasteiger charge is 2.21. The topological polar surface area (TPSA) is 51.2 Å². The van der Waals surface area contributed by atoms with Crippen molar-refractivity contribution in [3.8, 4) is 11.5 Å². The third kappa shape index (κ3) is 6.54.